The zero-order chi connectivity index (χ0) is 26.7. The van der Waals surface area contributed by atoms with Crippen molar-refractivity contribution in [3.8, 4) is 0 Å². The highest BCUT2D eigenvalue weighted by Crippen LogP contribution is 2.31. The quantitative estimate of drug-likeness (QED) is 0.258. The smallest absolute Gasteiger partial charge is 0.333 e. The molecule has 2 aromatic heterocycles. The number of fused-ring (bicyclic) bond motifs is 1. The molecule has 0 aliphatic rings. The molecule has 8 heteroatoms. The minimum Gasteiger partial charge on any atom is -0.464 e. The number of anilines is 1. The maximum atomic E-state index is 14.7. The van der Waals surface area contributed by atoms with E-state index in [9.17, 15) is 13.6 Å². The monoisotopic (exact) mass is 506 g/mol. The topological polar surface area (TPSA) is 60.2 Å². The van der Waals surface area contributed by atoms with Crippen LogP contribution in [0.1, 0.15) is 55.0 Å². The van der Waals surface area contributed by atoms with Gasteiger partial charge in [0.05, 0.1) is 13.2 Å². The molecule has 0 radical (unpaired) electrons. The second kappa shape index (κ2) is 11.1. The van der Waals surface area contributed by atoms with E-state index >= 15 is 0 Å². The van der Waals surface area contributed by atoms with Crippen molar-refractivity contribution in [2.24, 2.45) is 0 Å². The van der Waals surface area contributed by atoms with Gasteiger partial charge in [0.1, 0.15) is 23.0 Å². The van der Waals surface area contributed by atoms with Gasteiger partial charge in [-0.05, 0) is 75.2 Å². The van der Waals surface area contributed by atoms with Crippen LogP contribution in [0.15, 0.2) is 48.5 Å². The normalized spacial score (nSPS) is 12.1. The highest BCUT2D eigenvalue weighted by Gasteiger charge is 2.31. The van der Waals surface area contributed by atoms with Gasteiger partial charge in [-0.25, -0.2) is 23.5 Å². The molecular formula is C29H32F2N4O2. The number of aromatic nitrogens is 3. The number of aryl methyl sites for hydroxylation is 3. The third-order valence-electron chi connectivity index (χ3n) is 6.44. The van der Waals surface area contributed by atoms with E-state index in [-0.39, 0.29) is 12.2 Å². The zero-order valence-corrected chi connectivity index (χ0v) is 21.9. The first-order valence-corrected chi connectivity index (χ1v) is 12.6. The van der Waals surface area contributed by atoms with Crippen molar-refractivity contribution in [2.45, 2.75) is 53.6 Å². The fraction of sp³-hybridized carbons (Fsp3) is 0.345. The number of esters is 1. The number of pyridine rings is 1. The fourth-order valence-electron chi connectivity index (χ4n) is 4.74. The van der Waals surface area contributed by atoms with Crippen LogP contribution < -0.4 is 4.90 Å². The predicted octanol–water partition coefficient (Wildman–Crippen LogP) is 6.07. The number of benzene rings is 2. The predicted molar refractivity (Wildman–Crippen MR) is 141 cm³/mol. The lowest BCUT2D eigenvalue weighted by Gasteiger charge is -2.31. The lowest BCUT2D eigenvalue weighted by atomic mass is 10.0. The van der Waals surface area contributed by atoms with Crippen LogP contribution in [0.25, 0.3) is 11.2 Å². The van der Waals surface area contributed by atoms with Crippen molar-refractivity contribution in [1.29, 1.82) is 0 Å². The van der Waals surface area contributed by atoms with E-state index in [4.69, 9.17) is 14.7 Å². The Kier molecular flexibility index (Phi) is 7.86. The summed E-state index contributed by atoms with van der Waals surface area (Å²) in [7, 11) is 0. The molecule has 0 aliphatic carbocycles. The second-order valence-corrected chi connectivity index (χ2v) is 8.99. The van der Waals surface area contributed by atoms with Crippen molar-refractivity contribution < 1.29 is 18.3 Å². The fourth-order valence-corrected chi connectivity index (χ4v) is 4.74. The maximum absolute atomic E-state index is 14.7. The third kappa shape index (κ3) is 5.33. The molecule has 0 bridgehead atoms. The van der Waals surface area contributed by atoms with Crippen molar-refractivity contribution in [3.05, 3.63) is 88.4 Å². The number of rotatable bonds is 9. The molecule has 37 heavy (non-hydrogen) atoms. The highest BCUT2D eigenvalue weighted by atomic mass is 19.1. The summed E-state index contributed by atoms with van der Waals surface area (Å²) in [5.41, 5.74) is 5.47. The lowest BCUT2D eigenvalue weighted by Crippen LogP contribution is -2.36. The second-order valence-electron chi connectivity index (χ2n) is 8.99. The average Bonchev–Trinajstić information content (AvgIpc) is 3.22. The van der Waals surface area contributed by atoms with Gasteiger partial charge >= 0.3 is 5.97 Å². The molecule has 0 aliphatic heterocycles. The van der Waals surface area contributed by atoms with Crippen LogP contribution in [0, 0.1) is 25.5 Å². The summed E-state index contributed by atoms with van der Waals surface area (Å²) >= 11 is 0. The van der Waals surface area contributed by atoms with Crippen molar-refractivity contribution in [1.82, 2.24) is 14.5 Å². The van der Waals surface area contributed by atoms with Gasteiger partial charge in [-0.3, -0.25) is 0 Å². The van der Waals surface area contributed by atoms with E-state index in [2.05, 4.69) is 11.5 Å². The number of hydrogen-bond acceptors (Lipinski definition) is 5. The summed E-state index contributed by atoms with van der Waals surface area (Å²) in [4.78, 5) is 24.2. The summed E-state index contributed by atoms with van der Waals surface area (Å²) in [6.07, 6.45) is 0.775. The summed E-state index contributed by atoms with van der Waals surface area (Å²) in [5.74, 6) is -0.950. The lowest BCUT2D eigenvalue weighted by molar-refractivity contribution is -0.145. The van der Waals surface area contributed by atoms with Gasteiger partial charge in [-0.2, -0.15) is 0 Å². The minimum absolute atomic E-state index is 0.0568. The standard InChI is InChI=1S/C29H32F2N4O2/c1-6-25-33-26-18(4)15-19(5)32-28(26)35(25)17-20-9-12-22(13-10-20)34(7-2)27(29(36)37-8-3)23-16-21(30)11-14-24(23)31/h9-16,27H,6-8,17H2,1-5H3. The number of nitrogens with zero attached hydrogens (tertiary/aromatic N) is 4. The number of likely N-dealkylation sites (N-methyl/N-ethyl adjacent to an activating group) is 1. The number of imidazole rings is 1. The van der Waals surface area contributed by atoms with Crippen molar-refractivity contribution >= 4 is 22.8 Å². The van der Waals surface area contributed by atoms with Crippen LogP contribution in [0.3, 0.4) is 0 Å². The van der Waals surface area contributed by atoms with E-state index in [1.807, 2.05) is 51.1 Å². The molecule has 0 N–H and O–H groups in total. The van der Waals surface area contributed by atoms with E-state index in [1.54, 1.807) is 11.8 Å². The van der Waals surface area contributed by atoms with Gasteiger partial charge in [0.2, 0.25) is 0 Å². The van der Waals surface area contributed by atoms with Crippen LogP contribution in [0.4, 0.5) is 14.5 Å². The number of carbonyl (C=O) groups excluding carboxylic acids is 1. The number of halogens is 2. The van der Waals surface area contributed by atoms with Crippen molar-refractivity contribution in [3.63, 3.8) is 0 Å². The molecule has 2 aromatic carbocycles. The molecule has 2 heterocycles. The highest BCUT2D eigenvalue weighted by molar-refractivity contribution is 5.82. The van der Waals surface area contributed by atoms with Gasteiger partial charge in [0.15, 0.2) is 11.7 Å². The summed E-state index contributed by atoms with van der Waals surface area (Å²) in [5, 5.41) is 0. The van der Waals surface area contributed by atoms with Crippen molar-refractivity contribution in [2.75, 3.05) is 18.1 Å². The Balaban J connectivity index is 1.69. The SMILES string of the molecule is CCOC(=O)C(c1cc(F)ccc1F)N(CC)c1ccc(Cn2c(CC)nc3c(C)cc(C)nc32)cc1. The van der Waals surface area contributed by atoms with E-state index in [1.165, 1.54) is 0 Å². The van der Waals surface area contributed by atoms with Crippen LogP contribution in [-0.4, -0.2) is 33.7 Å². The van der Waals surface area contributed by atoms with Gasteiger partial charge in [0.25, 0.3) is 0 Å². The minimum atomic E-state index is -1.12. The van der Waals surface area contributed by atoms with E-state index in [0.717, 1.165) is 58.4 Å². The van der Waals surface area contributed by atoms with E-state index < -0.39 is 23.6 Å². The largest absolute Gasteiger partial charge is 0.464 e. The Morgan fingerprint density at radius 1 is 1.03 bits per heavy atom. The van der Waals surface area contributed by atoms with Crippen LogP contribution in [0.5, 0.6) is 0 Å². The number of ether oxygens (including phenoxy) is 1. The summed E-state index contributed by atoms with van der Waals surface area (Å²) in [6.45, 7) is 10.7. The molecule has 0 saturated carbocycles. The zero-order valence-electron chi connectivity index (χ0n) is 21.9. The Hall–Kier alpha value is -3.81. The van der Waals surface area contributed by atoms with Crippen LogP contribution >= 0.6 is 0 Å². The first kappa shape index (κ1) is 26.3. The number of hydrogen-bond donors (Lipinski definition) is 0. The summed E-state index contributed by atoms with van der Waals surface area (Å²) < 4.78 is 36.2. The average molecular weight is 507 g/mol. The van der Waals surface area contributed by atoms with Gasteiger partial charge in [0, 0.05) is 29.9 Å². The van der Waals surface area contributed by atoms with Gasteiger partial charge < -0.3 is 14.2 Å². The van der Waals surface area contributed by atoms with Crippen LogP contribution in [-0.2, 0) is 22.5 Å². The molecule has 4 rings (SSSR count). The molecule has 1 atom stereocenters. The molecule has 194 valence electrons. The Bertz CT molecular complexity index is 1420. The Labute approximate surface area is 215 Å². The Morgan fingerprint density at radius 2 is 1.76 bits per heavy atom. The first-order chi connectivity index (χ1) is 17.8. The van der Waals surface area contributed by atoms with Gasteiger partial charge in [-0.1, -0.05) is 19.1 Å². The summed E-state index contributed by atoms with van der Waals surface area (Å²) in [6, 6.07) is 11.8. The van der Waals surface area contributed by atoms with Gasteiger partial charge in [-0.15, -0.1) is 0 Å². The molecular weight excluding hydrogens is 474 g/mol. The molecule has 0 amide bonds. The Morgan fingerprint density at radius 3 is 2.41 bits per heavy atom. The maximum Gasteiger partial charge on any atom is 0.333 e. The van der Waals surface area contributed by atoms with Crippen LogP contribution in [0.2, 0.25) is 0 Å². The third-order valence-corrected chi connectivity index (χ3v) is 6.44. The molecule has 1 unspecified atom stereocenters. The molecule has 0 fully saturated rings. The molecule has 4 aromatic rings. The molecule has 6 nitrogen and oxygen atoms in total. The number of carbonyl (C=O) groups is 1. The first-order valence-electron chi connectivity index (χ1n) is 12.6. The van der Waals surface area contributed by atoms with E-state index in [0.29, 0.717) is 18.8 Å². The molecule has 0 saturated heterocycles. The molecule has 0 spiro atoms.